The van der Waals surface area contributed by atoms with E-state index in [2.05, 4.69) is 141 Å². The van der Waals surface area contributed by atoms with Crippen molar-refractivity contribution in [3.63, 3.8) is 0 Å². The molecule has 0 aliphatic carbocycles. The van der Waals surface area contributed by atoms with Crippen molar-refractivity contribution in [2.75, 3.05) is 14.7 Å². The van der Waals surface area contributed by atoms with Gasteiger partial charge in [0, 0.05) is 50.1 Å². The normalized spacial score (nSPS) is 12.5. The smallest absolute Gasteiger partial charge is 0.135 e. The average molecular weight is 877 g/mol. The number of ether oxygens (including phenoxy) is 1. The van der Waals surface area contributed by atoms with Gasteiger partial charge < -0.3 is 19.4 Å². The van der Waals surface area contributed by atoms with Gasteiger partial charge in [-0.15, -0.1) is 48.8 Å². The standard InChI is InChI=1S/C47H45N4O.Pt/c1-33(2)37-28-44(34(3)4)47(45(29-37)35(5)6)36-15-12-18-39(27-36)49-25-26-50(32-49)40-19-13-21-42(30-40)52-43-22-14-20-41(31-43)51(38-16-8-7-9-17-38)46-23-10-11-24-48-46;/h7-29,32-35H,1-6H3;/q-3;. The Hall–Kier alpha value is -5.12. The molecule has 1 aliphatic rings. The van der Waals surface area contributed by atoms with E-state index in [9.17, 15) is 0 Å². The molecule has 0 saturated heterocycles. The maximum absolute atomic E-state index is 6.36. The number of nitrogens with zero attached hydrogens (tertiary/aromatic N) is 4. The molecule has 0 spiro atoms. The number of pyridine rings is 1. The molecule has 2 heterocycles. The molecule has 0 radical (unpaired) electrons. The van der Waals surface area contributed by atoms with E-state index in [1.54, 1.807) is 6.20 Å². The summed E-state index contributed by atoms with van der Waals surface area (Å²) >= 11 is 0. The molecule has 0 amide bonds. The SMILES string of the molecule is CC(C)c1cc(C(C)C)c(-c2cccc(N3C=CN(c4[c-]c(Oc5[c-]c(N(c6ccccc6)c6ccccn6)ccc5)ccc4)[CH-]3)c2)c(C(C)C)c1.[Pt]. The van der Waals surface area contributed by atoms with Gasteiger partial charge in [-0.3, -0.25) is 0 Å². The van der Waals surface area contributed by atoms with Gasteiger partial charge in [-0.1, -0.05) is 95.8 Å². The van der Waals surface area contributed by atoms with Gasteiger partial charge in [0.25, 0.3) is 0 Å². The summed E-state index contributed by atoms with van der Waals surface area (Å²) < 4.78 is 6.36. The molecule has 1 aliphatic heterocycles. The molecule has 6 aromatic rings. The fourth-order valence-electron chi connectivity index (χ4n) is 6.61. The van der Waals surface area contributed by atoms with Crippen LogP contribution in [0.4, 0.5) is 28.6 Å². The van der Waals surface area contributed by atoms with Crippen LogP contribution in [0, 0.1) is 18.8 Å². The summed E-state index contributed by atoms with van der Waals surface area (Å²) in [5, 5.41) is 0. The van der Waals surface area contributed by atoms with E-state index < -0.39 is 0 Å². The van der Waals surface area contributed by atoms with Gasteiger partial charge in [0.15, 0.2) is 0 Å². The van der Waals surface area contributed by atoms with Crippen molar-refractivity contribution >= 4 is 28.6 Å². The van der Waals surface area contributed by atoms with Crippen molar-refractivity contribution in [1.29, 1.82) is 0 Å². The van der Waals surface area contributed by atoms with Gasteiger partial charge in [0.05, 0.1) is 0 Å². The molecule has 7 rings (SSSR count). The Morgan fingerprint density at radius 1 is 0.642 bits per heavy atom. The van der Waals surface area contributed by atoms with Crippen molar-refractivity contribution in [2.45, 2.75) is 59.3 Å². The van der Waals surface area contributed by atoms with E-state index in [4.69, 9.17) is 4.74 Å². The van der Waals surface area contributed by atoms with Crippen molar-refractivity contribution in [3.05, 3.63) is 175 Å². The molecule has 0 atom stereocenters. The van der Waals surface area contributed by atoms with Crippen LogP contribution >= 0.6 is 0 Å². The van der Waals surface area contributed by atoms with Gasteiger partial charge in [-0.25, -0.2) is 4.98 Å². The summed E-state index contributed by atoms with van der Waals surface area (Å²) in [5.74, 6) is 3.30. The maximum Gasteiger partial charge on any atom is 0.135 e. The topological polar surface area (TPSA) is 31.8 Å². The minimum atomic E-state index is 0. The van der Waals surface area contributed by atoms with E-state index in [-0.39, 0.29) is 21.1 Å². The second-order valence-electron chi connectivity index (χ2n) is 14.1. The van der Waals surface area contributed by atoms with Gasteiger partial charge in [-0.2, -0.15) is 12.1 Å². The zero-order valence-electron chi connectivity index (χ0n) is 31.1. The van der Waals surface area contributed by atoms with Crippen molar-refractivity contribution in [1.82, 2.24) is 4.98 Å². The third-order valence-electron chi connectivity index (χ3n) is 9.34. The van der Waals surface area contributed by atoms with Gasteiger partial charge >= 0.3 is 0 Å². The predicted molar refractivity (Wildman–Crippen MR) is 216 cm³/mol. The van der Waals surface area contributed by atoms with Crippen LogP contribution in [0.1, 0.15) is 76.0 Å². The van der Waals surface area contributed by atoms with Crippen molar-refractivity contribution < 1.29 is 25.8 Å². The van der Waals surface area contributed by atoms with Crippen LogP contribution in [0.25, 0.3) is 11.1 Å². The van der Waals surface area contributed by atoms with Crippen LogP contribution in [-0.4, -0.2) is 4.98 Å². The minimum absolute atomic E-state index is 0. The first-order valence-corrected chi connectivity index (χ1v) is 18.1. The Morgan fingerprint density at radius 3 is 1.98 bits per heavy atom. The molecule has 5 aromatic carbocycles. The average Bonchev–Trinajstić information content (AvgIpc) is 3.66. The molecule has 6 heteroatoms. The van der Waals surface area contributed by atoms with Crippen LogP contribution in [-0.2, 0) is 21.1 Å². The third kappa shape index (κ3) is 8.42. The number of aromatic nitrogens is 1. The van der Waals surface area contributed by atoms with Crippen LogP contribution in [0.2, 0.25) is 0 Å². The summed E-state index contributed by atoms with van der Waals surface area (Å²) in [6.45, 7) is 15.9. The molecule has 0 saturated carbocycles. The second kappa shape index (κ2) is 16.7. The summed E-state index contributed by atoms with van der Waals surface area (Å²) in [6.07, 6.45) is 5.93. The first-order chi connectivity index (χ1) is 25.2. The second-order valence-corrected chi connectivity index (χ2v) is 14.1. The van der Waals surface area contributed by atoms with Crippen LogP contribution < -0.4 is 19.4 Å². The monoisotopic (exact) mass is 876 g/mol. The summed E-state index contributed by atoms with van der Waals surface area (Å²) in [5.41, 5.74) is 10.6. The minimum Gasteiger partial charge on any atom is -0.509 e. The molecular formula is C47H45N4OPt-3. The predicted octanol–water partition coefficient (Wildman–Crippen LogP) is 12.9. The first-order valence-electron chi connectivity index (χ1n) is 18.1. The molecule has 0 fully saturated rings. The van der Waals surface area contributed by atoms with E-state index in [0.29, 0.717) is 29.3 Å². The Morgan fingerprint density at radius 2 is 1.30 bits per heavy atom. The zero-order chi connectivity index (χ0) is 36.2. The van der Waals surface area contributed by atoms with E-state index in [1.807, 2.05) is 72.8 Å². The number of para-hydroxylation sites is 1. The van der Waals surface area contributed by atoms with Gasteiger partial charge in [0.2, 0.25) is 0 Å². The number of hydrogen-bond donors (Lipinski definition) is 0. The quantitative estimate of drug-likeness (QED) is 0.121. The number of benzene rings is 5. The Kier molecular flexibility index (Phi) is 11.9. The molecular weight excluding hydrogens is 832 g/mol. The van der Waals surface area contributed by atoms with Crippen molar-refractivity contribution in [3.8, 4) is 22.6 Å². The van der Waals surface area contributed by atoms with Crippen LogP contribution in [0.3, 0.4) is 0 Å². The Bertz CT molecular complexity index is 2090. The molecule has 5 nitrogen and oxygen atoms in total. The summed E-state index contributed by atoms with van der Waals surface area (Å²) in [4.78, 5) is 10.9. The van der Waals surface area contributed by atoms with Gasteiger partial charge in [-0.05, 0) is 94.4 Å². The number of anilines is 5. The van der Waals surface area contributed by atoms with Crippen molar-refractivity contribution in [2.24, 2.45) is 0 Å². The van der Waals surface area contributed by atoms with E-state index in [1.165, 1.54) is 27.8 Å². The van der Waals surface area contributed by atoms with Crippen LogP contribution in [0.15, 0.2) is 140 Å². The molecule has 272 valence electrons. The maximum atomic E-state index is 6.36. The molecule has 0 unspecified atom stereocenters. The van der Waals surface area contributed by atoms with Crippen LogP contribution in [0.5, 0.6) is 11.5 Å². The van der Waals surface area contributed by atoms with Gasteiger partial charge in [0.1, 0.15) is 5.82 Å². The molecule has 1 aromatic heterocycles. The number of hydrogen-bond acceptors (Lipinski definition) is 5. The summed E-state index contributed by atoms with van der Waals surface area (Å²) in [7, 11) is 0. The fraction of sp³-hybridized carbons (Fsp3) is 0.191. The van der Waals surface area contributed by atoms with E-state index in [0.717, 1.165) is 28.6 Å². The zero-order valence-corrected chi connectivity index (χ0v) is 33.4. The van der Waals surface area contributed by atoms with E-state index >= 15 is 0 Å². The fourth-order valence-corrected chi connectivity index (χ4v) is 6.61. The molecule has 53 heavy (non-hydrogen) atoms. The first kappa shape index (κ1) is 37.6. The Labute approximate surface area is 329 Å². The summed E-state index contributed by atoms with van der Waals surface area (Å²) in [6, 6.07) is 48.5. The molecule has 0 N–H and O–H groups in total. The third-order valence-corrected chi connectivity index (χ3v) is 9.34. The Balaban J connectivity index is 0.00000481. The number of rotatable bonds is 11. The largest absolute Gasteiger partial charge is 0.509 e. The molecule has 0 bridgehead atoms.